The van der Waals surface area contributed by atoms with Gasteiger partial charge >= 0.3 is 5.97 Å². The first-order chi connectivity index (χ1) is 10.5. The second kappa shape index (κ2) is 5.74. The Labute approximate surface area is 129 Å². The van der Waals surface area contributed by atoms with E-state index in [4.69, 9.17) is 9.15 Å². The highest BCUT2D eigenvalue weighted by Gasteiger charge is 2.22. The Bertz CT molecular complexity index is 726. The molecule has 22 heavy (non-hydrogen) atoms. The van der Waals surface area contributed by atoms with Crippen LogP contribution in [-0.4, -0.2) is 42.3 Å². The summed E-state index contributed by atoms with van der Waals surface area (Å²) in [5.41, 5.74) is 4.84. The number of benzene rings is 1. The Morgan fingerprint density at radius 1 is 1.23 bits per heavy atom. The van der Waals surface area contributed by atoms with Crippen molar-refractivity contribution in [3.63, 3.8) is 0 Å². The molecule has 1 aliphatic rings. The quantitative estimate of drug-likeness (QED) is 0.944. The highest BCUT2D eigenvalue weighted by atomic mass is 16.5. The second-order valence-corrected chi connectivity index (χ2v) is 5.92. The van der Waals surface area contributed by atoms with E-state index in [1.54, 1.807) is 0 Å². The molecule has 1 aliphatic heterocycles. The molecular weight excluding hydrogens is 282 g/mol. The van der Waals surface area contributed by atoms with E-state index in [-0.39, 0.29) is 5.76 Å². The number of carboxylic acids is 1. The van der Waals surface area contributed by atoms with Gasteiger partial charge in [-0.05, 0) is 38.0 Å². The number of hydrogen-bond donors (Lipinski definition) is 1. The summed E-state index contributed by atoms with van der Waals surface area (Å²) in [7, 11) is 0. The molecule has 0 spiro atoms. The van der Waals surface area contributed by atoms with Crippen LogP contribution in [0.15, 0.2) is 10.5 Å². The Morgan fingerprint density at radius 3 is 2.55 bits per heavy atom. The van der Waals surface area contributed by atoms with E-state index >= 15 is 0 Å². The molecule has 0 amide bonds. The number of carboxylic acid groups (broad SMARTS) is 1. The molecule has 0 bridgehead atoms. The van der Waals surface area contributed by atoms with Crippen molar-refractivity contribution in [2.24, 2.45) is 0 Å². The molecular formula is C17H21NO4. The Morgan fingerprint density at radius 2 is 1.91 bits per heavy atom. The largest absolute Gasteiger partial charge is 0.475 e. The molecule has 1 saturated heterocycles. The fraction of sp³-hybridized carbons (Fsp3) is 0.471. The number of fused-ring (bicyclic) bond motifs is 1. The average Bonchev–Trinajstić information content (AvgIpc) is 2.82. The summed E-state index contributed by atoms with van der Waals surface area (Å²) >= 11 is 0. The molecule has 0 unspecified atom stereocenters. The van der Waals surface area contributed by atoms with Crippen LogP contribution in [0.1, 0.15) is 32.8 Å². The van der Waals surface area contributed by atoms with Crippen molar-refractivity contribution in [1.82, 2.24) is 4.90 Å². The van der Waals surface area contributed by atoms with E-state index in [9.17, 15) is 9.90 Å². The smallest absolute Gasteiger partial charge is 0.372 e. The van der Waals surface area contributed by atoms with Gasteiger partial charge < -0.3 is 14.3 Å². The summed E-state index contributed by atoms with van der Waals surface area (Å²) in [5, 5.41) is 10.2. The zero-order chi connectivity index (χ0) is 15.9. The van der Waals surface area contributed by atoms with Crippen molar-refractivity contribution in [2.75, 3.05) is 26.3 Å². The van der Waals surface area contributed by atoms with Gasteiger partial charge in [0.1, 0.15) is 5.58 Å². The topological polar surface area (TPSA) is 62.9 Å². The number of hydrogen-bond acceptors (Lipinski definition) is 4. The fourth-order valence-electron chi connectivity index (χ4n) is 3.03. The number of aryl methyl sites for hydroxylation is 2. The van der Waals surface area contributed by atoms with Gasteiger partial charge in [0.25, 0.3) is 0 Å². The van der Waals surface area contributed by atoms with Gasteiger partial charge in [0.15, 0.2) is 0 Å². The van der Waals surface area contributed by atoms with Crippen molar-refractivity contribution in [3.05, 3.63) is 34.1 Å². The van der Waals surface area contributed by atoms with Gasteiger partial charge in [0.2, 0.25) is 5.76 Å². The predicted molar refractivity (Wildman–Crippen MR) is 83.5 cm³/mol. The van der Waals surface area contributed by atoms with Crippen LogP contribution in [-0.2, 0) is 11.3 Å². The molecule has 1 N–H and O–H groups in total. The first-order valence-electron chi connectivity index (χ1n) is 7.54. The van der Waals surface area contributed by atoms with E-state index in [1.807, 2.05) is 13.0 Å². The highest BCUT2D eigenvalue weighted by molar-refractivity contribution is 5.96. The van der Waals surface area contributed by atoms with Crippen LogP contribution < -0.4 is 0 Å². The van der Waals surface area contributed by atoms with Gasteiger partial charge in [-0.3, -0.25) is 4.90 Å². The highest BCUT2D eigenvalue weighted by Crippen LogP contribution is 2.33. The lowest BCUT2D eigenvalue weighted by molar-refractivity contribution is 0.0341. The van der Waals surface area contributed by atoms with E-state index in [2.05, 4.69) is 18.7 Å². The molecule has 2 aromatic rings. The molecule has 1 aromatic carbocycles. The van der Waals surface area contributed by atoms with E-state index in [0.29, 0.717) is 11.1 Å². The number of nitrogens with zero attached hydrogens (tertiary/aromatic N) is 1. The molecule has 5 heteroatoms. The molecule has 1 aromatic heterocycles. The van der Waals surface area contributed by atoms with E-state index in [0.717, 1.165) is 49.4 Å². The minimum absolute atomic E-state index is 0.0447. The number of rotatable bonds is 3. The lowest BCUT2D eigenvalue weighted by atomic mass is 9.98. The van der Waals surface area contributed by atoms with Crippen molar-refractivity contribution in [2.45, 2.75) is 27.3 Å². The van der Waals surface area contributed by atoms with Gasteiger partial charge in [0, 0.05) is 36.1 Å². The number of aromatic carboxylic acids is 1. The maximum Gasteiger partial charge on any atom is 0.372 e. The molecule has 0 saturated carbocycles. The first-order valence-corrected chi connectivity index (χ1v) is 7.54. The molecule has 0 atom stereocenters. The summed E-state index contributed by atoms with van der Waals surface area (Å²) in [6, 6.07) is 2.03. The Kier molecular flexibility index (Phi) is 3.93. The number of ether oxygens (including phenoxy) is 1. The van der Waals surface area contributed by atoms with Crippen LogP contribution >= 0.6 is 0 Å². The lowest BCUT2D eigenvalue weighted by Crippen LogP contribution is -2.35. The van der Waals surface area contributed by atoms with Gasteiger partial charge in [-0.15, -0.1) is 0 Å². The zero-order valence-corrected chi connectivity index (χ0v) is 13.2. The maximum absolute atomic E-state index is 11.3. The van der Waals surface area contributed by atoms with Crippen molar-refractivity contribution < 1.29 is 19.1 Å². The third-order valence-electron chi connectivity index (χ3n) is 4.55. The summed E-state index contributed by atoms with van der Waals surface area (Å²) < 4.78 is 11.1. The third-order valence-corrected chi connectivity index (χ3v) is 4.55. The molecule has 5 nitrogen and oxygen atoms in total. The van der Waals surface area contributed by atoms with Crippen molar-refractivity contribution in [1.29, 1.82) is 0 Å². The Balaban J connectivity index is 2.12. The third kappa shape index (κ3) is 2.51. The average molecular weight is 303 g/mol. The molecule has 1 fully saturated rings. The molecule has 0 aliphatic carbocycles. The summed E-state index contributed by atoms with van der Waals surface area (Å²) in [6.07, 6.45) is 0. The summed E-state index contributed by atoms with van der Waals surface area (Å²) in [4.78, 5) is 13.7. The zero-order valence-electron chi connectivity index (χ0n) is 13.2. The number of morpholine rings is 1. The van der Waals surface area contributed by atoms with Gasteiger partial charge in [0.05, 0.1) is 13.2 Å². The van der Waals surface area contributed by atoms with Gasteiger partial charge in [-0.25, -0.2) is 4.79 Å². The van der Waals surface area contributed by atoms with Gasteiger partial charge in [-0.1, -0.05) is 0 Å². The Hall–Kier alpha value is -1.85. The van der Waals surface area contributed by atoms with Crippen LogP contribution in [0.5, 0.6) is 0 Å². The minimum Gasteiger partial charge on any atom is -0.475 e. The van der Waals surface area contributed by atoms with Crippen LogP contribution in [0.3, 0.4) is 0 Å². The molecule has 0 radical (unpaired) electrons. The van der Waals surface area contributed by atoms with Crippen molar-refractivity contribution in [3.8, 4) is 0 Å². The van der Waals surface area contributed by atoms with Crippen LogP contribution in [0.2, 0.25) is 0 Å². The standard InChI is InChI=1S/C17H21NO4/c1-10-8-13-12(3)15(17(19)20)22-16(13)14(11(10)2)9-18-4-6-21-7-5-18/h8H,4-7,9H2,1-3H3,(H,19,20). The van der Waals surface area contributed by atoms with Crippen molar-refractivity contribution >= 4 is 16.9 Å². The molecule has 118 valence electrons. The predicted octanol–water partition coefficient (Wildman–Crippen LogP) is 2.89. The first kappa shape index (κ1) is 15.1. The summed E-state index contributed by atoms with van der Waals surface area (Å²) in [6.45, 7) is 9.97. The number of carbonyl (C=O) groups is 1. The fourth-order valence-corrected chi connectivity index (χ4v) is 3.03. The molecule has 3 rings (SSSR count). The maximum atomic E-state index is 11.3. The number of furan rings is 1. The van der Waals surface area contributed by atoms with E-state index in [1.165, 1.54) is 5.56 Å². The minimum atomic E-state index is -1.01. The van der Waals surface area contributed by atoms with Gasteiger partial charge in [-0.2, -0.15) is 0 Å². The van der Waals surface area contributed by atoms with Crippen LogP contribution in [0.25, 0.3) is 11.0 Å². The monoisotopic (exact) mass is 303 g/mol. The van der Waals surface area contributed by atoms with E-state index < -0.39 is 5.97 Å². The summed E-state index contributed by atoms with van der Waals surface area (Å²) in [5.74, 6) is -0.968. The SMILES string of the molecule is Cc1cc2c(C)c(C(=O)O)oc2c(CN2CCOCC2)c1C. The molecule has 2 heterocycles. The van der Waals surface area contributed by atoms with Crippen LogP contribution in [0.4, 0.5) is 0 Å². The lowest BCUT2D eigenvalue weighted by Gasteiger charge is -2.27. The second-order valence-electron chi connectivity index (χ2n) is 5.92. The van der Waals surface area contributed by atoms with Crippen LogP contribution in [0, 0.1) is 20.8 Å². The normalized spacial score (nSPS) is 16.3.